The van der Waals surface area contributed by atoms with E-state index in [0.717, 1.165) is 60.3 Å². The van der Waals surface area contributed by atoms with Crippen molar-refractivity contribution in [3.63, 3.8) is 0 Å². The number of rotatable bonds is 7. The molecule has 0 amide bonds. The summed E-state index contributed by atoms with van der Waals surface area (Å²) >= 11 is 0. The first-order valence-corrected chi connectivity index (χ1v) is 10.8. The summed E-state index contributed by atoms with van der Waals surface area (Å²) in [4.78, 5) is 8.98. The maximum absolute atomic E-state index is 5.90. The van der Waals surface area contributed by atoms with Gasteiger partial charge >= 0.3 is 0 Å². The van der Waals surface area contributed by atoms with Gasteiger partial charge < -0.3 is 24.7 Å². The van der Waals surface area contributed by atoms with E-state index in [0.29, 0.717) is 6.54 Å². The van der Waals surface area contributed by atoms with Crippen molar-refractivity contribution >= 4 is 17.0 Å². The van der Waals surface area contributed by atoms with E-state index in [4.69, 9.17) is 9.47 Å². The van der Waals surface area contributed by atoms with Gasteiger partial charge in [0.15, 0.2) is 5.96 Å². The van der Waals surface area contributed by atoms with Gasteiger partial charge in [-0.15, -0.1) is 0 Å². The molecule has 1 aromatic heterocycles. The minimum atomic E-state index is 0.216. The van der Waals surface area contributed by atoms with Crippen molar-refractivity contribution in [2.45, 2.75) is 45.9 Å². The molecule has 0 saturated heterocycles. The summed E-state index contributed by atoms with van der Waals surface area (Å²) in [6, 6.07) is 12.4. The fraction of sp³-hybridized carbons (Fsp3) is 0.417. The number of imidazole rings is 1. The molecule has 3 aromatic rings. The quantitative estimate of drug-likeness (QED) is 0.347. The molecule has 7 heteroatoms. The molecule has 2 heterocycles. The molecule has 0 spiro atoms. The molecule has 31 heavy (non-hydrogen) atoms. The lowest BCUT2D eigenvalue weighted by Gasteiger charge is -2.15. The minimum Gasteiger partial charge on any atom is -0.496 e. The predicted molar refractivity (Wildman–Crippen MR) is 124 cm³/mol. The molecule has 2 N–H and O–H groups in total. The number of aryl methyl sites for hydroxylation is 2. The SMILES string of the molecule is CN=C(NCCCn1c(C)nc2ccccc21)NCc1cc2c(cc1OC)CC(C)O2. The van der Waals surface area contributed by atoms with E-state index in [2.05, 4.69) is 69.4 Å². The first-order valence-electron chi connectivity index (χ1n) is 10.8. The highest BCUT2D eigenvalue weighted by molar-refractivity contribution is 5.79. The van der Waals surface area contributed by atoms with Crippen LogP contribution >= 0.6 is 0 Å². The minimum absolute atomic E-state index is 0.216. The highest BCUT2D eigenvalue weighted by Crippen LogP contribution is 2.34. The van der Waals surface area contributed by atoms with E-state index in [1.54, 1.807) is 14.2 Å². The zero-order chi connectivity index (χ0) is 21.8. The summed E-state index contributed by atoms with van der Waals surface area (Å²) in [6.45, 7) is 6.48. The highest BCUT2D eigenvalue weighted by atomic mass is 16.5. The third-order valence-corrected chi connectivity index (χ3v) is 5.67. The maximum atomic E-state index is 5.90. The van der Waals surface area contributed by atoms with Crippen LogP contribution in [0.25, 0.3) is 11.0 Å². The van der Waals surface area contributed by atoms with Crippen molar-refractivity contribution in [3.8, 4) is 11.5 Å². The van der Waals surface area contributed by atoms with E-state index in [-0.39, 0.29) is 6.10 Å². The Morgan fingerprint density at radius 1 is 1.29 bits per heavy atom. The molecular formula is C24H31N5O2. The molecular weight excluding hydrogens is 390 g/mol. The lowest BCUT2D eigenvalue weighted by Crippen LogP contribution is -2.37. The van der Waals surface area contributed by atoms with Gasteiger partial charge in [-0.2, -0.15) is 0 Å². The number of para-hydroxylation sites is 2. The molecule has 1 atom stereocenters. The average molecular weight is 422 g/mol. The third-order valence-electron chi connectivity index (χ3n) is 5.67. The van der Waals surface area contributed by atoms with Crippen molar-refractivity contribution in [1.82, 2.24) is 20.2 Å². The average Bonchev–Trinajstić information content (AvgIpc) is 3.29. The number of hydrogen-bond donors (Lipinski definition) is 2. The number of methoxy groups -OCH3 is 1. The highest BCUT2D eigenvalue weighted by Gasteiger charge is 2.21. The van der Waals surface area contributed by atoms with Crippen LogP contribution in [0, 0.1) is 6.92 Å². The Balaban J connectivity index is 1.31. The number of ether oxygens (including phenoxy) is 2. The van der Waals surface area contributed by atoms with Crippen molar-refractivity contribution in [2.75, 3.05) is 20.7 Å². The summed E-state index contributed by atoms with van der Waals surface area (Å²) in [6.07, 6.45) is 2.11. The second-order valence-electron chi connectivity index (χ2n) is 7.91. The van der Waals surface area contributed by atoms with Gasteiger partial charge in [0.25, 0.3) is 0 Å². The van der Waals surface area contributed by atoms with Gasteiger partial charge in [-0.05, 0) is 44.5 Å². The zero-order valence-corrected chi connectivity index (χ0v) is 18.7. The van der Waals surface area contributed by atoms with Crippen molar-refractivity contribution < 1.29 is 9.47 Å². The van der Waals surface area contributed by atoms with Gasteiger partial charge in [0.05, 0.1) is 18.1 Å². The number of guanidine groups is 1. The summed E-state index contributed by atoms with van der Waals surface area (Å²) in [5.41, 5.74) is 4.49. The topological polar surface area (TPSA) is 72.7 Å². The van der Waals surface area contributed by atoms with E-state index in [1.165, 1.54) is 11.1 Å². The van der Waals surface area contributed by atoms with Crippen LogP contribution in [0.15, 0.2) is 41.4 Å². The molecule has 0 fully saturated rings. The molecule has 164 valence electrons. The van der Waals surface area contributed by atoms with Crippen LogP contribution in [0.2, 0.25) is 0 Å². The van der Waals surface area contributed by atoms with E-state index in [1.807, 2.05) is 6.07 Å². The second kappa shape index (κ2) is 9.29. The van der Waals surface area contributed by atoms with Crippen LogP contribution in [-0.4, -0.2) is 42.3 Å². The Morgan fingerprint density at radius 2 is 2.13 bits per heavy atom. The van der Waals surface area contributed by atoms with Crippen molar-refractivity contribution in [3.05, 3.63) is 53.3 Å². The Labute approximate surface area is 183 Å². The fourth-order valence-corrected chi connectivity index (χ4v) is 4.13. The lowest BCUT2D eigenvalue weighted by atomic mass is 10.1. The Hall–Kier alpha value is -3.22. The van der Waals surface area contributed by atoms with Gasteiger partial charge in [0.2, 0.25) is 0 Å². The number of nitrogens with zero attached hydrogens (tertiary/aromatic N) is 3. The van der Waals surface area contributed by atoms with Gasteiger partial charge in [-0.3, -0.25) is 4.99 Å². The van der Waals surface area contributed by atoms with Gasteiger partial charge in [-0.1, -0.05) is 12.1 Å². The number of hydrogen-bond acceptors (Lipinski definition) is 4. The molecule has 2 aromatic carbocycles. The number of benzene rings is 2. The monoisotopic (exact) mass is 421 g/mol. The molecule has 0 aliphatic carbocycles. The molecule has 4 rings (SSSR count). The normalized spacial score (nSPS) is 15.6. The lowest BCUT2D eigenvalue weighted by molar-refractivity contribution is 0.254. The van der Waals surface area contributed by atoms with E-state index >= 15 is 0 Å². The molecule has 1 aliphatic heterocycles. The summed E-state index contributed by atoms with van der Waals surface area (Å²) in [5, 5.41) is 6.78. The van der Waals surface area contributed by atoms with Gasteiger partial charge in [0.1, 0.15) is 23.4 Å². The van der Waals surface area contributed by atoms with Crippen LogP contribution < -0.4 is 20.1 Å². The molecule has 1 aliphatic rings. The molecule has 0 bridgehead atoms. The van der Waals surface area contributed by atoms with Crippen molar-refractivity contribution in [2.24, 2.45) is 4.99 Å². The summed E-state index contributed by atoms with van der Waals surface area (Å²) in [7, 11) is 3.49. The molecule has 7 nitrogen and oxygen atoms in total. The standard InChI is InChI=1S/C24H31N5O2/c1-16-12-18-13-22(30-4)19(14-23(18)31-16)15-27-24(25-3)26-10-7-11-29-17(2)28-20-8-5-6-9-21(20)29/h5-6,8-9,13-14,16H,7,10-12,15H2,1-4H3,(H2,25,26,27). The Kier molecular flexibility index (Phi) is 6.30. The first-order chi connectivity index (χ1) is 15.1. The fourth-order valence-electron chi connectivity index (χ4n) is 4.13. The van der Waals surface area contributed by atoms with Gasteiger partial charge in [0, 0.05) is 44.2 Å². The molecule has 0 radical (unpaired) electrons. The number of aromatic nitrogens is 2. The van der Waals surface area contributed by atoms with Gasteiger partial charge in [-0.25, -0.2) is 4.98 Å². The number of aliphatic imine (C=N–C) groups is 1. The third kappa shape index (κ3) is 4.60. The van der Waals surface area contributed by atoms with Crippen LogP contribution in [0.4, 0.5) is 0 Å². The van der Waals surface area contributed by atoms with E-state index in [9.17, 15) is 0 Å². The summed E-state index contributed by atoms with van der Waals surface area (Å²) < 4.78 is 13.8. The smallest absolute Gasteiger partial charge is 0.191 e. The maximum Gasteiger partial charge on any atom is 0.191 e. The molecule has 1 unspecified atom stereocenters. The van der Waals surface area contributed by atoms with Crippen LogP contribution in [-0.2, 0) is 19.5 Å². The van der Waals surface area contributed by atoms with E-state index < -0.39 is 0 Å². The Morgan fingerprint density at radius 3 is 2.94 bits per heavy atom. The van der Waals surface area contributed by atoms with Crippen LogP contribution in [0.5, 0.6) is 11.5 Å². The van der Waals surface area contributed by atoms with Crippen LogP contribution in [0.3, 0.4) is 0 Å². The number of fused-ring (bicyclic) bond motifs is 2. The van der Waals surface area contributed by atoms with Crippen molar-refractivity contribution in [1.29, 1.82) is 0 Å². The predicted octanol–water partition coefficient (Wildman–Crippen LogP) is 3.43. The van der Waals surface area contributed by atoms with Crippen LogP contribution in [0.1, 0.15) is 30.3 Å². The molecule has 0 saturated carbocycles. The summed E-state index contributed by atoms with van der Waals surface area (Å²) in [5.74, 6) is 3.64. The first kappa shape index (κ1) is 21.0. The second-order valence-corrected chi connectivity index (χ2v) is 7.91. The largest absolute Gasteiger partial charge is 0.496 e. The zero-order valence-electron chi connectivity index (χ0n) is 18.7. The Bertz CT molecular complexity index is 1090. The number of nitrogens with one attached hydrogen (secondary N) is 2.